The average molecular weight is 431 g/mol. The van der Waals surface area contributed by atoms with Gasteiger partial charge in [-0.3, -0.25) is 9.69 Å². The number of esters is 1. The number of Topliss-reactive ketones (excluding diaryl/α,β-unsaturated/α-hetero) is 1. The highest BCUT2D eigenvalue weighted by molar-refractivity contribution is 6.01. The summed E-state index contributed by atoms with van der Waals surface area (Å²) in [7, 11) is 1.34. The zero-order chi connectivity index (χ0) is 22.1. The van der Waals surface area contributed by atoms with Crippen molar-refractivity contribution in [2.75, 3.05) is 20.2 Å². The summed E-state index contributed by atoms with van der Waals surface area (Å²) in [6, 6.07) is 13.8. The minimum Gasteiger partial charge on any atom is -0.486 e. The Kier molecular flexibility index (Phi) is 5.31. The fourth-order valence-corrected chi connectivity index (χ4v) is 4.75. The first kappa shape index (κ1) is 20.5. The molecule has 0 bridgehead atoms. The highest BCUT2D eigenvalue weighted by Gasteiger charge is 2.42. The lowest BCUT2D eigenvalue weighted by Gasteiger charge is -2.44. The van der Waals surface area contributed by atoms with Gasteiger partial charge in [0.1, 0.15) is 11.4 Å². The molecule has 5 rings (SSSR count). The molecule has 2 aliphatic rings. The van der Waals surface area contributed by atoms with Crippen LogP contribution in [-0.2, 0) is 16.1 Å². The van der Waals surface area contributed by atoms with E-state index in [1.807, 2.05) is 18.2 Å². The molecule has 164 valence electrons. The number of H-pyrrole nitrogens is 1. The summed E-state index contributed by atoms with van der Waals surface area (Å²) < 4.78 is 11.0. The molecule has 0 amide bonds. The van der Waals surface area contributed by atoms with Crippen molar-refractivity contribution in [3.8, 4) is 5.75 Å². The van der Waals surface area contributed by atoms with Crippen LogP contribution in [0.15, 0.2) is 54.7 Å². The summed E-state index contributed by atoms with van der Waals surface area (Å²) in [5.41, 5.74) is 3.40. The Labute approximate surface area is 186 Å². The van der Waals surface area contributed by atoms with Crippen molar-refractivity contribution >= 4 is 28.7 Å². The summed E-state index contributed by atoms with van der Waals surface area (Å²) in [5, 5.41) is 1.27. The number of fused-ring (bicyclic) bond motifs is 2. The summed E-state index contributed by atoms with van der Waals surface area (Å²) in [6.45, 7) is 2.67. The molecule has 1 fully saturated rings. The fourth-order valence-electron chi connectivity index (χ4n) is 4.75. The molecule has 3 aromatic rings. The van der Waals surface area contributed by atoms with E-state index < -0.39 is 11.6 Å². The molecule has 6 heteroatoms. The van der Waals surface area contributed by atoms with Gasteiger partial charge in [-0.25, -0.2) is 4.79 Å². The summed E-state index contributed by atoms with van der Waals surface area (Å²) >= 11 is 0. The van der Waals surface area contributed by atoms with Crippen molar-refractivity contribution in [3.05, 3.63) is 71.4 Å². The number of methoxy groups -OCH3 is 1. The minimum absolute atomic E-state index is 0.102. The number of piperidine rings is 1. The van der Waals surface area contributed by atoms with Crippen LogP contribution in [-0.4, -0.2) is 47.4 Å². The molecule has 0 radical (unpaired) electrons. The third-order valence-corrected chi connectivity index (χ3v) is 6.56. The fraction of sp³-hybridized carbons (Fsp3) is 0.308. The third kappa shape index (κ3) is 3.94. The number of aromatic nitrogens is 1. The van der Waals surface area contributed by atoms with E-state index in [1.54, 1.807) is 12.1 Å². The molecule has 1 N–H and O–H groups in total. The van der Waals surface area contributed by atoms with Crippen LogP contribution in [0.2, 0.25) is 0 Å². The number of para-hydroxylation sites is 1. The van der Waals surface area contributed by atoms with Crippen LogP contribution in [0.25, 0.3) is 17.0 Å². The largest absolute Gasteiger partial charge is 0.486 e. The van der Waals surface area contributed by atoms with Crippen molar-refractivity contribution in [2.45, 2.75) is 31.4 Å². The van der Waals surface area contributed by atoms with Crippen LogP contribution in [0.5, 0.6) is 5.75 Å². The molecule has 32 heavy (non-hydrogen) atoms. The normalized spacial score (nSPS) is 18.1. The highest BCUT2D eigenvalue weighted by Crippen LogP contribution is 2.40. The zero-order valence-corrected chi connectivity index (χ0v) is 18.1. The zero-order valence-electron chi connectivity index (χ0n) is 18.1. The first-order chi connectivity index (χ1) is 15.5. The lowest BCUT2D eigenvalue weighted by Crippen LogP contribution is -2.50. The van der Waals surface area contributed by atoms with Gasteiger partial charge in [-0.15, -0.1) is 0 Å². The molecule has 0 aliphatic carbocycles. The molecule has 1 spiro atoms. The van der Waals surface area contributed by atoms with Crippen molar-refractivity contribution in [1.29, 1.82) is 0 Å². The van der Waals surface area contributed by atoms with E-state index in [1.165, 1.54) is 24.1 Å². The van der Waals surface area contributed by atoms with Crippen LogP contribution in [0.1, 0.15) is 40.7 Å². The molecule has 0 atom stereocenters. The van der Waals surface area contributed by atoms with Gasteiger partial charge in [0.05, 0.1) is 19.1 Å². The Bertz CT molecular complexity index is 1200. The van der Waals surface area contributed by atoms with E-state index in [0.717, 1.165) is 43.6 Å². The SMILES string of the molecule is COC(=O)/C=C/c1ccc2c(c1)C(=O)CC1(CCN(Cc3c[nH]c4ccccc34)CC1)O2. The van der Waals surface area contributed by atoms with E-state index in [-0.39, 0.29) is 5.78 Å². The number of hydrogen-bond donors (Lipinski definition) is 1. The van der Waals surface area contributed by atoms with Gasteiger partial charge in [0.2, 0.25) is 0 Å². The molecule has 1 aromatic heterocycles. The molecule has 2 aromatic carbocycles. The second kappa shape index (κ2) is 8.28. The van der Waals surface area contributed by atoms with Gasteiger partial charge in [0, 0.05) is 55.7 Å². The molecule has 1 saturated heterocycles. The van der Waals surface area contributed by atoms with Crippen LogP contribution in [0, 0.1) is 0 Å². The molecule has 0 saturated carbocycles. The maximum absolute atomic E-state index is 13.0. The number of ketones is 1. The smallest absolute Gasteiger partial charge is 0.330 e. The Morgan fingerprint density at radius 2 is 2.03 bits per heavy atom. The summed E-state index contributed by atoms with van der Waals surface area (Å²) in [6.07, 6.45) is 7.13. The lowest BCUT2D eigenvalue weighted by atomic mass is 9.82. The lowest BCUT2D eigenvalue weighted by molar-refractivity contribution is -0.134. The van der Waals surface area contributed by atoms with Gasteiger partial charge in [-0.1, -0.05) is 24.3 Å². The Morgan fingerprint density at radius 3 is 2.84 bits per heavy atom. The Hall–Kier alpha value is -3.38. The van der Waals surface area contributed by atoms with Gasteiger partial charge < -0.3 is 14.5 Å². The number of ether oxygens (including phenoxy) is 2. The quantitative estimate of drug-likeness (QED) is 0.492. The van der Waals surface area contributed by atoms with E-state index in [9.17, 15) is 9.59 Å². The summed E-state index contributed by atoms with van der Waals surface area (Å²) in [5.74, 6) is 0.315. The van der Waals surface area contributed by atoms with Crippen molar-refractivity contribution in [1.82, 2.24) is 9.88 Å². The Balaban J connectivity index is 1.26. The highest BCUT2D eigenvalue weighted by atomic mass is 16.5. The van der Waals surface area contributed by atoms with Gasteiger partial charge in [-0.05, 0) is 35.4 Å². The summed E-state index contributed by atoms with van der Waals surface area (Å²) in [4.78, 5) is 30.1. The first-order valence-corrected chi connectivity index (χ1v) is 10.9. The monoisotopic (exact) mass is 430 g/mol. The van der Waals surface area contributed by atoms with Gasteiger partial charge >= 0.3 is 5.97 Å². The molecule has 0 unspecified atom stereocenters. The van der Waals surface area contributed by atoms with E-state index >= 15 is 0 Å². The minimum atomic E-state index is -0.427. The number of likely N-dealkylation sites (tertiary alicyclic amines) is 1. The number of carbonyl (C=O) groups is 2. The maximum Gasteiger partial charge on any atom is 0.330 e. The van der Waals surface area contributed by atoms with Gasteiger partial charge in [-0.2, -0.15) is 0 Å². The first-order valence-electron chi connectivity index (χ1n) is 10.9. The molecule has 2 aliphatic heterocycles. The van der Waals surface area contributed by atoms with Crippen molar-refractivity contribution in [3.63, 3.8) is 0 Å². The van der Waals surface area contributed by atoms with Crippen LogP contribution < -0.4 is 4.74 Å². The number of aromatic amines is 1. The molecule has 3 heterocycles. The number of benzene rings is 2. The predicted octanol–water partition coefficient (Wildman–Crippen LogP) is 4.35. The maximum atomic E-state index is 13.0. The number of hydrogen-bond acceptors (Lipinski definition) is 5. The van der Waals surface area contributed by atoms with Gasteiger partial charge in [0.25, 0.3) is 0 Å². The van der Waals surface area contributed by atoms with Crippen LogP contribution >= 0.6 is 0 Å². The van der Waals surface area contributed by atoms with E-state index in [4.69, 9.17) is 4.74 Å². The molecular weight excluding hydrogens is 404 g/mol. The van der Waals surface area contributed by atoms with Crippen LogP contribution in [0.3, 0.4) is 0 Å². The van der Waals surface area contributed by atoms with E-state index in [0.29, 0.717) is 17.7 Å². The van der Waals surface area contributed by atoms with Crippen molar-refractivity contribution in [2.24, 2.45) is 0 Å². The number of nitrogens with one attached hydrogen (secondary N) is 1. The number of carbonyl (C=O) groups excluding carboxylic acids is 2. The standard InChI is InChI=1S/C26H26N2O4/c1-31-25(30)9-7-18-6-8-24-21(14-18)23(29)15-26(32-24)10-12-28(13-11-26)17-19-16-27-22-5-3-2-4-20(19)22/h2-9,14,16,27H,10-13,15,17H2,1H3/b9-7+. The molecule has 6 nitrogen and oxygen atoms in total. The van der Waals surface area contributed by atoms with E-state index in [2.05, 4.69) is 39.0 Å². The average Bonchev–Trinajstić information content (AvgIpc) is 3.22. The number of nitrogens with zero attached hydrogens (tertiary/aromatic N) is 1. The van der Waals surface area contributed by atoms with Gasteiger partial charge in [0.15, 0.2) is 5.78 Å². The van der Waals surface area contributed by atoms with Crippen molar-refractivity contribution < 1.29 is 19.1 Å². The predicted molar refractivity (Wildman–Crippen MR) is 123 cm³/mol. The number of rotatable bonds is 4. The molecular formula is C26H26N2O4. The second-order valence-electron chi connectivity index (χ2n) is 8.63. The third-order valence-electron chi connectivity index (χ3n) is 6.56. The topological polar surface area (TPSA) is 71.6 Å². The second-order valence-corrected chi connectivity index (χ2v) is 8.63. The van der Waals surface area contributed by atoms with Crippen LogP contribution in [0.4, 0.5) is 0 Å². The Morgan fingerprint density at radius 1 is 1.22 bits per heavy atom.